The molecule has 0 spiro atoms. The third-order valence-corrected chi connectivity index (χ3v) is 3.55. The van der Waals surface area contributed by atoms with Gasteiger partial charge in [0, 0.05) is 12.6 Å². The van der Waals surface area contributed by atoms with Crippen LogP contribution in [0.5, 0.6) is 5.75 Å². The minimum absolute atomic E-state index is 0. The van der Waals surface area contributed by atoms with E-state index in [0.29, 0.717) is 18.2 Å². The number of benzene rings is 1. The van der Waals surface area contributed by atoms with Crippen LogP contribution in [0.1, 0.15) is 27.2 Å². The van der Waals surface area contributed by atoms with Crippen LogP contribution in [0, 0.1) is 5.92 Å². The number of carbonyl (C=O) groups excluding carboxylic acids is 1. The summed E-state index contributed by atoms with van der Waals surface area (Å²) in [4.78, 5) is 12.1. The molecule has 1 rings (SSSR count). The van der Waals surface area contributed by atoms with E-state index in [1.165, 1.54) is 0 Å². The molecule has 21 heavy (non-hydrogen) atoms. The molecule has 120 valence electrons. The molecule has 0 aliphatic rings. The van der Waals surface area contributed by atoms with Crippen LogP contribution < -0.4 is 15.8 Å². The summed E-state index contributed by atoms with van der Waals surface area (Å²) < 4.78 is 6.49. The van der Waals surface area contributed by atoms with Crippen molar-refractivity contribution < 1.29 is 9.53 Å². The molecule has 6 heteroatoms. The molecule has 4 nitrogen and oxygen atoms in total. The summed E-state index contributed by atoms with van der Waals surface area (Å²) in [6, 6.07) is 7.46. The molecule has 0 aliphatic heterocycles. The molecule has 0 saturated heterocycles. The average molecular weight is 380 g/mol. The summed E-state index contributed by atoms with van der Waals surface area (Å²) in [5, 5.41) is 2.93. The Morgan fingerprint density at radius 1 is 1.33 bits per heavy atom. The normalized spacial score (nSPS) is 13.2. The number of carbonyl (C=O) groups is 1. The van der Waals surface area contributed by atoms with E-state index in [-0.39, 0.29) is 24.4 Å². The molecule has 0 saturated carbocycles. The molecule has 0 aliphatic carbocycles. The molecule has 0 bridgehead atoms. The second kappa shape index (κ2) is 10.0. The maximum atomic E-state index is 12.1. The Hall–Kier alpha value is -0.780. The molecule has 2 atom stereocenters. The fourth-order valence-corrected chi connectivity index (χ4v) is 2.26. The van der Waals surface area contributed by atoms with Crippen LogP contribution in [0.25, 0.3) is 0 Å². The highest BCUT2D eigenvalue weighted by atomic mass is 79.9. The zero-order chi connectivity index (χ0) is 15.1. The van der Waals surface area contributed by atoms with Gasteiger partial charge in [-0.05, 0) is 47.3 Å². The third-order valence-electron chi connectivity index (χ3n) is 2.90. The van der Waals surface area contributed by atoms with Gasteiger partial charge in [0.1, 0.15) is 5.75 Å². The molecule has 1 aromatic rings. The van der Waals surface area contributed by atoms with E-state index in [2.05, 4.69) is 35.1 Å². The van der Waals surface area contributed by atoms with Gasteiger partial charge in [-0.1, -0.05) is 26.0 Å². The Morgan fingerprint density at radius 3 is 2.48 bits per heavy atom. The first kappa shape index (κ1) is 20.2. The van der Waals surface area contributed by atoms with E-state index in [4.69, 9.17) is 10.5 Å². The van der Waals surface area contributed by atoms with Crippen LogP contribution in [-0.2, 0) is 4.79 Å². The number of nitrogens with one attached hydrogen (secondary N) is 1. The molecule has 1 amide bonds. The lowest BCUT2D eigenvalue weighted by molar-refractivity contribution is -0.128. The number of rotatable bonds is 7. The molecule has 0 radical (unpaired) electrons. The summed E-state index contributed by atoms with van der Waals surface area (Å²) in [6.45, 7) is 6.38. The van der Waals surface area contributed by atoms with Crippen molar-refractivity contribution in [1.82, 2.24) is 5.32 Å². The first-order chi connectivity index (χ1) is 9.43. The lowest BCUT2D eigenvalue weighted by Gasteiger charge is -2.22. The Labute approximate surface area is 141 Å². The number of para-hydroxylation sites is 1. The van der Waals surface area contributed by atoms with Crippen molar-refractivity contribution in [3.8, 4) is 5.75 Å². The smallest absolute Gasteiger partial charge is 0.261 e. The summed E-state index contributed by atoms with van der Waals surface area (Å²) in [6.07, 6.45) is 0.305. The lowest BCUT2D eigenvalue weighted by Crippen LogP contribution is -2.46. The summed E-state index contributed by atoms with van der Waals surface area (Å²) in [7, 11) is 0. The van der Waals surface area contributed by atoms with Gasteiger partial charge in [-0.25, -0.2) is 0 Å². The second-order valence-corrected chi connectivity index (χ2v) is 6.12. The van der Waals surface area contributed by atoms with Crippen molar-refractivity contribution in [2.45, 2.75) is 39.3 Å². The largest absolute Gasteiger partial charge is 0.480 e. The van der Waals surface area contributed by atoms with Gasteiger partial charge < -0.3 is 15.8 Å². The van der Waals surface area contributed by atoms with Crippen LogP contribution in [-0.4, -0.2) is 24.6 Å². The van der Waals surface area contributed by atoms with E-state index in [0.717, 1.165) is 10.9 Å². The molecule has 0 heterocycles. The Bertz CT molecular complexity index is 443. The van der Waals surface area contributed by atoms with Gasteiger partial charge in [-0.15, -0.1) is 12.4 Å². The van der Waals surface area contributed by atoms with Crippen molar-refractivity contribution in [1.29, 1.82) is 0 Å². The van der Waals surface area contributed by atoms with E-state index in [9.17, 15) is 4.79 Å². The maximum Gasteiger partial charge on any atom is 0.261 e. The second-order valence-electron chi connectivity index (χ2n) is 5.26. The minimum atomic E-state index is -0.560. The SMILES string of the molecule is CC(C)CC(CN)NC(=O)C(C)Oc1ccccc1Br.Cl. The quantitative estimate of drug-likeness (QED) is 0.765. The number of nitrogens with two attached hydrogens (primary N) is 1. The minimum Gasteiger partial charge on any atom is -0.480 e. The van der Waals surface area contributed by atoms with Crippen LogP contribution in [0.4, 0.5) is 0 Å². The van der Waals surface area contributed by atoms with E-state index < -0.39 is 6.10 Å². The van der Waals surface area contributed by atoms with E-state index in [1.54, 1.807) is 6.92 Å². The van der Waals surface area contributed by atoms with Crippen molar-refractivity contribution in [3.05, 3.63) is 28.7 Å². The number of hydrogen-bond acceptors (Lipinski definition) is 3. The van der Waals surface area contributed by atoms with Crippen molar-refractivity contribution >= 4 is 34.2 Å². The van der Waals surface area contributed by atoms with Gasteiger partial charge in [0.05, 0.1) is 4.47 Å². The van der Waals surface area contributed by atoms with Crippen LogP contribution in [0.15, 0.2) is 28.7 Å². The fraction of sp³-hybridized carbons (Fsp3) is 0.533. The van der Waals surface area contributed by atoms with Gasteiger partial charge in [-0.3, -0.25) is 4.79 Å². The monoisotopic (exact) mass is 378 g/mol. The first-order valence-corrected chi connectivity index (χ1v) is 7.65. The molecule has 0 aromatic heterocycles. The van der Waals surface area contributed by atoms with Crippen LogP contribution >= 0.6 is 28.3 Å². The molecule has 3 N–H and O–H groups in total. The Balaban J connectivity index is 0.00000400. The standard InChI is InChI=1S/C15H23BrN2O2.ClH/c1-10(2)8-12(9-17)18-15(19)11(3)20-14-7-5-4-6-13(14)16;/h4-7,10-12H,8-9,17H2,1-3H3,(H,18,19);1H. The summed E-state index contributed by atoms with van der Waals surface area (Å²) >= 11 is 3.39. The molecule has 0 fully saturated rings. The Kier molecular flexibility index (Phi) is 9.66. The average Bonchev–Trinajstić information content (AvgIpc) is 2.39. The Morgan fingerprint density at radius 2 is 1.95 bits per heavy atom. The van der Waals surface area contributed by atoms with E-state index >= 15 is 0 Å². The predicted octanol–water partition coefficient (Wildman–Crippen LogP) is 3.13. The zero-order valence-corrected chi connectivity index (χ0v) is 15.0. The lowest BCUT2D eigenvalue weighted by atomic mass is 10.0. The topological polar surface area (TPSA) is 64.3 Å². The molecular formula is C15H24BrClN2O2. The predicted molar refractivity (Wildman–Crippen MR) is 91.9 cm³/mol. The summed E-state index contributed by atoms with van der Waals surface area (Å²) in [5.74, 6) is 1.00. The number of amides is 1. The highest BCUT2D eigenvalue weighted by Gasteiger charge is 2.19. The number of ether oxygens (including phenoxy) is 1. The number of halogens is 2. The van der Waals surface area contributed by atoms with E-state index in [1.807, 2.05) is 24.3 Å². The van der Waals surface area contributed by atoms with Crippen molar-refractivity contribution in [2.75, 3.05) is 6.54 Å². The van der Waals surface area contributed by atoms with Crippen molar-refractivity contribution in [2.24, 2.45) is 11.7 Å². The van der Waals surface area contributed by atoms with Gasteiger partial charge in [0.25, 0.3) is 5.91 Å². The third kappa shape index (κ3) is 7.16. The van der Waals surface area contributed by atoms with Crippen LogP contribution in [0.3, 0.4) is 0 Å². The summed E-state index contributed by atoms with van der Waals surface area (Å²) in [5.41, 5.74) is 5.68. The van der Waals surface area contributed by atoms with Gasteiger partial charge in [0.15, 0.2) is 6.10 Å². The maximum absolute atomic E-state index is 12.1. The van der Waals surface area contributed by atoms with Gasteiger partial charge in [0.2, 0.25) is 0 Å². The van der Waals surface area contributed by atoms with Gasteiger partial charge in [-0.2, -0.15) is 0 Å². The fourth-order valence-electron chi connectivity index (χ4n) is 1.89. The highest BCUT2D eigenvalue weighted by Crippen LogP contribution is 2.24. The zero-order valence-electron chi connectivity index (χ0n) is 12.6. The first-order valence-electron chi connectivity index (χ1n) is 6.85. The molecule has 2 unspecified atom stereocenters. The molecule has 1 aromatic carbocycles. The van der Waals surface area contributed by atoms with Crippen LogP contribution in [0.2, 0.25) is 0 Å². The van der Waals surface area contributed by atoms with Gasteiger partial charge >= 0.3 is 0 Å². The van der Waals surface area contributed by atoms with Crippen molar-refractivity contribution in [3.63, 3.8) is 0 Å². The number of hydrogen-bond donors (Lipinski definition) is 2. The highest BCUT2D eigenvalue weighted by molar-refractivity contribution is 9.10. The molecular weight excluding hydrogens is 356 g/mol.